The van der Waals surface area contributed by atoms with Gasteiger partial charge in [0, 0.05) is 5.69 Å². The fraction of sp³-hybridized carbons (Fsp3) is 0.0870. The molecule has 3 aromatic carbocycles. The van der Waals surface area contributed by atoms with Gasteiger partial charge in [0.05, 0.1) is 24.3 Å². The Morgan fingerprint density at radius 1 is 0.897 bits per heavy atom. The van der Waals surface area contributed by atoms with E-state index in [-0.39, 0.29) is 12.5 Å². The molecule has 0 atom stereocenters. The molecule has 3 rings (SSSR count). The fourth-order valence-electron chi connectivity index (χ4n) is 2.63. The van der Waals surface area contributed by atoms with Gasteiger partial charge in [0.15, 0.2) is 6.61 Å². The van der Waals surface area contributed by atoms with Gasteiger partial charge in [-0.3, -0.25) is 4.79 Å². The number of anilines is 1. The largest absolute Gasteiger partial charge is 0.484 e. The van der Waals surface area contributed by atoms with Crippen molar-refractivity contribution in [3.05, 3.63) is 83.9 Å². The van der Waals surface area contributed by atoms with Crippen LogP contribution in [0.5, 0.6) is 5.75 Å². The molecule has 0 saturated heterocycles. The molecule has 6 nitrogen and oxygen atoms in total. The third kappa shape index (κ3) is 5.21. The molecule has 3 aromatic rings. The number of ether oxygens (including phenoxy) is 2. The lowest BCUT2D eigenvalue weighted by Crippen LogP contribution is -2.20. The zero-order valence-corrected chi connectivity index (χ0v) is 15.7. The van der Waals surface area contributed by atoms with Gasteiger partial charge in [0.2, 0.25) is 0 Å². The molecule has 0 saturated carbocycles. The Labute approximate surface area is 168 Å². The number of amides is 1. The monoisotopic (exact) mass is 386 g/mol. The molecule has 1 amide bonds. The van der Waals surface area contributed by atoms with Crippen molar-refractivity contribution in [3.8, 4) is 22.9 Å². The summed E-state index contributed by atoms with van der Waals surface area (Å²) in [5, 5.41) is 11.6. The summed E-state index contributed by atoms with van der Waals surface area (Å²) in [5.74, 6) is -0.179. The third-order valence-corrected chi connectivity index (χ3v) is 4.16. The van der Waals surface area contributed by atoms with Crippen molar-refractivity contribution in [2.45, 2.75) is 0 Å². The van der Waals surface area contributed by atoms with Crippen LogP contribution in [0.1, 0.15) is 15.9 Å². The van der Waals surface area contributed by atoms with Gasteiger partial charge in [-0.15, -0.1) is 0 Å². The number of hydrogen-bond donors (Lipinski definition) is 1. The third-order valence-electron chi connectivity index (χ3n) is 4.16. The number of hydrogen-bond acceptors (Lipinski definition) is 5. The molecule has 0 unspecified atom stereocenters. The van der Waals surface area contributed by atoms with E-state index in [0.29, 0.717) is 22.6 Å². The minimum Gasteiger partial charge on any atom is -0.484 e. The van der Waals surface area contributed by atoms with Crippen LogP contribution in [0.2, 0.25) is 0 Å². The molecule has 0 fully saturated rings. The first-order valence-corrected chi connectivity index (χ1v) is 8.80. The summed E-state index contributed by atoms with van der Waals surface area (Å²) >= 11 is 0. The van der Waals surface area contributed by atoms with Gasteiger partial charge in [0.1, 0.15) is 5.75 Å². The lowest BCUT2D eigenvalue weighted by atomic mass is 10.0. The van der Waals surface area contributed by atoms with Crippen molar-refractivity contribution < 1.29 is 19.1 Å². The molecule has 6 heteroatoms. The van der Waals surface area contributed by atoms with Gasteiger partial charge in [-0.1, -0.05) is 24.3 Å². The minimum absolute atomic E-state index is 0.144. The smallest absolute Gasteiger partial charge is 0.337 e. The van der Waals surface area contributed by atoms with E-state index in [1.54, 1.807) is 48.5 Å². The predicted octanol–water partition coefficient (Wildman–Crippen LogP) is 4.03. The summed E-state index contributed by atoms with van der Waals surface area (Å²) in [6.45, 7) is -0.144. The van der Waals surface area contributed by atoms with E-state index in [1.165, 1.54) is 7.11 Å². The van der Waals surface area contributed by atoms with Crippen molar-refractivity contribution in [1.82, 2.24) is 0 Å². The molecule has 0 aliphatic carbocycles. The predicted molar refractivity (Wildman–Crippen MR) is 108 cm³/mol. The molecule has 29 heavy (non-hydrogen) atoms. The van der Waals surface area contributed by atoms with Gasteiger partial charge >= 0.3 is 5.97 Å². The maximum absolute atomic E-state index is 12.1. The van der Waals surface area contributed by atoms with Crippen molar-refractivity contribution in [3.63, 3.8) is 0 Å². The highest BCUT2D eigenvalue weighted by Gasteiger charge is 2.07. The Balaban J connectivity index is 1.53. The topological polar surface area (TPSA) is 88.4 Å². The zero-order chi connectivity index (χ0) is 20.6. The number of benzene rings is 3. The second-order valence-electron chi connectivity index (χ2n) is 6.12. The molecule has 144 valence electrons. The summed E-state index contributed by atoms with van der Waals surface area (Å²) in [4.78, 5) is 23.5. The first-order valence-electron chi connectivity index (χ1n) is 8.80. The Bertz CT molecular complexity index is 1030. The first kappa shape index (κ1) is 19.6. The molecular formula is C23H18N2O4. The number of rotatable bonds is 6. The molecule has 0 aliphatic heterocycles. The standard InChI is InChI=1S/C23H18N2O4/c1-28-23(27)19-6-10-20(11-7-19)25-22(26)15-29-21-12-8-18(9-13-21)17-4-2-16(14-24)3-5-17/h2-13H,15H2,1H3,(H,25,26). The average molecular weight is 386 g/mol. The molecule has 0 aromatic heterocycles. The van der Waals surface area contributed by atoms with Crippen molar-refractivity contribution >= 4 is 17.6 Å². The van der Waals surface area contributed by atoms with E-state index in [4.69, 9.17) is 10.00 Å². The van der Waals surface area contributed by atoms with Crippen molar-refractivity contribution in [1.29, 1.82) is 5.26 Å². The Morgan fingerprint density at radius 2 is 1.48 bits per heavy atom. The highest BCUT2D eigenvalue weighted by atomic mass is 16.5. The molecule has 0 heterocycles. The number of esters is 1. The number of carbonyl (C=O) groups is 2. The Hall–Kier alpha value is -4.11. The van der Waals surface area contributed by atoms with Gasteiger partial charge in [0.25, 0.3) is 5.91 Å². The van der Waals surface area contributed by atoms with Gasteiger partial charge in [-0.05, 0) is 59.7 Å². The number of nitrogens with zero attached hydrogens (tertiary/aromatic N) is 1. The lowest BCUT2D eigenvalue weighted by molar-refractivity contribution is -0.118. The van der Waals surface area contributed by atoms with Crippen LogP contribution in [0.3, 0.4) is 0 Å². The first-order chi connectivity index (χ1) is 14.1. The van der Waals surface area contributed by atoms with Crippen LogP contribution in [0.15, 0.2) is 72.8 Å². The summed E-state index contributed by atoms with van der Waals surface area (Å²) in [5.41, 5.74) is 3.55. The number of nitriles is 1. The van der Waals surface area contributed by atoms with Crippen LogP contribution in [0.4, 0.5) is 5.69 Å². The molecule has 0 bridgehead atoms. The Morgan fingerprint density at radius 3 is 2.03 bits per heavy atom. The molecule has 1 N–H and O–H groups in total. The van der Waals surface area contributed by atoms with Crippen molar-refractivity contribution in [2.75, 3.05) is 19.0 Å². The lowest BCUT2D eigenvalue weighted by Gasteiger charge is -2.09. The van der Waals surface area contributed by atoms with Crippen LogP contribution in [-0.2, 0) is 9.53 Å². The Kier molecular flexibility index (Phi) is 6.23. The number of carbonyl (C=O) groups excluding carboxylic acids is 2. The average Bonchev–Trinajstić information content (AvgIpc) is 2.78. The summed E-state index contributed by atoms with van der Waals surface area (Å²) in [7, 11) is 1.31. The van der Waals surface area contributed by atoms with Crippen LogP contribution in [-0.4, -0.2) is 25.6 Å². The molecule has 0 spiro atoms. The van der Waals surface area contributed by atoms with Gasteiger partial charge in [-0.25, -0.2) is 4.79 Å². The minimum atomic E-state index is -0.435. The number of methoxy groups -OCH3 is 1. The molecule has 0 aliphatic rings. The van der Waals surface area contributed by atoms with Crippen LogP contribution in [0, 0.1) is 11.3 Å². The van der Waals surface area contributed by atoms with E-state index in [0.717, 1.165) is 11.1 Å². The summed E-state index contributed by atoms with van der Waals surface area (Å²) < 4.78 is 10.2. The maximum Gasteiger partial charge on any atom is 0.337 e. The molecule has 0 radical (unpaired) electrons. The number of nitrogens with one attached hydrogen (secondary N) is 1. The quantitative estimate of drug-likeness (QED) is 0.646. The highest BCUT2D eigenvalue weighted by molar-refractivity contribution is 5.93. The van der Waals surface area contributed by atoms with Crippen molar-refractivity contribution in [2.24, 2.45) is 0 Å². The van der Waals surface area contributed by atoms with Crippen LogP contribution in [0.25, 0.3) is 11.1 Å². The van der Waals surface area contributed by atoms with E-state index < -0.39 is 5.97 Å². The van der Waals surface area contributed by atoms with Crippen LogP contribution >= 0.6 is 0 Å². The van der Waals surface area contributed by atoms with E-state index in [9.17, 15) is 9.59 Å². The highest BCUT2D eigenvalue weighted by Crippen LogP contribution is 2.23. The normalized spacial score (nSPS) is 9.93. The molecular weight excluding hydrogens is 368 g/mol. The maximum atomic E-state index is 12.1. The van der Waals surface area contributed by atoms with E-state index >= 15 is 0 Å². The summed E-state index contributed by atoms with van der Waals surface area (Å²) in [6, 6.07) is 23.1. The van der Waals surface area contributed by atoms with Gasteiger partial charge in [-0.2, -0.15) is 5.26 Å². The SMILES string of the molecule is COC(=O)c1ccc(NC(=O)COc2ccc(-c3ccc(C#N)cc3)cc2)cc1. The zero-order valence-electron chi connectivity index (χ0n) is 15.7. The van der Waals surface area contributed by atoms with E-state index in [2.05, 4.69) is 16.1 Å². The van der Waals surface area contributed by atoms with E-state index in [1.807, 2.05) is 24.3 Å². The van der Waals surface area contributed by atoms with Crippen LogP contribution < -0.4 is 10.1 Å². The summed E-state index contributed by atoms with van der Waals surface area (Å²) in [6.07, 6.45) is 0. The second-order valence-corrected chi connectivity index (χ2v) is 6.12. The second kappa shape index (κ2) is 9.20. The van der Waals surface area contributed by atoms with Gasteiger partial charge < -0.3 is 14.8 Å². The fourth-order valence-corrected chi connectivity index (χ4v) is 2.63.